The van der Waals surface area contributed by atoms with E-state index in [9.17, 15) is 15.0 Å². The van der Waals surface area contributed by atoms with Gasteiger partial charge in [-0.2, -0.15) is 0 Å². The van der Waals surface area contributed by atoms with Gasteiger partial charge < -0.3 is 19.7 Å². The predicted octanol–water partition coefficient (Wildman–Crippen LogP) is 6.35. The second-order valence-corrected chi connectivity index (χ2v) is 8.26. The number of aryl methyl sites for hydroxylation is 1. The molecule has 4 rings (SSSR count). The molecule has 6 nitrogen and oxygen atoms in total. The van der Waals surface area contributed by atoms with Crippen molar-refractivity contribution in [1.82, 2.24) is 0 Å². The second kappa shape index (κ2) is 14.3. The Morgan fingerprint density at radius 3 is 2.08 bits per heavy atom. The van der Waals surface area contributed by atoms with E-state index < -0.39 is 6.61 Å². The maximum atomic E-state index is 12.7. The van der Waals surface area contributed by atoms with Gasteiger partial charge in [0.05, 0.1) is 6.04 Å². The molecule has 3 aromatic rings. The summed E-state index contributed by atoms with van der Waals surface area (Å²) < 4.78 is 9.77. The van der Waals surface area contributed by atoms with Crippen molar-refractivity contribution in [2.75, 3.05) is 18.3 Å². The van der Waals surface area contributed by atoms with E-state index in [2.05, 4.69) is 0 Å². The van der Waals surface area contributed by atoms with E-state index in [0.717, 1.165) is 28.8 Å². The van der Waals surface area contributed by atoms with Crippen molar-refractivity contribution in [2.24, 2.45) is 0 Å². The molecule has 0 saturated heterocycles. The molecule has 0 saturated carbocycles. The van der Waals surface area contributed by atoms with Crippen molar-refractivity contribution in [3.8, 4) is 0 Å². The Morgan fingerprint density at radius 2 is 1.57 bits per heavy atom. The zero-order valence-electron chi connectivity index (χ0n) is 21.2. The Labute approximate surface area is 218 Å². The van der Waals surface area contributed by atoms with Gasteiger partial charge >= 0.3 is 0 Å². The molecule has 1 aliphatic rings. The molecule has 1 aliphatic heterocycles. The average Bonchev–Trinajstić information content (AvgIpc) is 3.45. The van der Waals surface area contributed by atoms with Crippen LogP contribution in [0.25, 0.3) is 0 Å². The molecule has 0 aromatic heterocycles. The van der Waals surface area contributed by atoms with Crippen LogP contribution in [0.3, 0.4) is 0 Å². The van der Waals surface area contributed by atoms with E-state index >= 15 is 0 Å². The summed E-state index contributed by atoms with van der Waals surface area (Å²) in [6.07, 6.45) is 7.37. The van der Waals surface area contributed by atoms with Gasteiger partial charge in [-0.3, -0.25) is 9.69 Å². The van der Waals surface area contributed by atoms with Crippen molar-refractivity contribution < 1.29 is 24.5 Å². The standard InChI is InChI=1S/C22H21NO2.C9H12O3/c1-17-10-8-9-15-20(17)23(21(25)16-24)22(18-11-4-2-5-12-18)19-13-6-3-7-14-19;1-2-3-4-8(10)5-9-6-11-7-12-9/h2-15,22,24H,16H2,1H3;3-6,10H,2,7H2,1H3/b;4-3-,8-5+. The molecule has 0 atom stereocenters. The highest BCUT2D eigenvalue weighted by molar-refractivity contribution is 5.96. The lowest BCUT2D eigenvalue weighted by atomic mass is 9.95. The van der Waals surface area contributed by atoms with Crippen molar-refractivity contribution in [3.63, 3.8) is 0 Å². The van der Waals surface area contributed by atoms with Gasteiger partial charge in [-0.15, -0.1) is 0 Å². The Kier molecular flexibility index (Phi) is 10.6. The predicted molar refractivity (Wildman–Crippen MR) is 146 cm³/mol. The molecular formula is C31H33NO5. The molecule has 2 N–H and O–H groups in total. The van der Waals surface area contributed by atoms with E-state index in [1.165, 1.54) is 12.3 Å². The first-order valence-electron chi connectivity index (χ1n) is 12.1. The van der Waals surface area contributed by atoms with Crippen LogP contribution in [0.4, 0.5) is 5.69 Å². The molecule has 6 heteroatoms. The maximum absolute atomic E-state index is 12.7. The maximum Gasteiger partial charge on any atom is 0.253 e. The van der Waals surface area contributed by atoms with Gasteiger partial charge in [0.2, 0.25) is 6.79 Å². The Balaban J connectivity index is 0.000000266. The zero-order valence-corrected chi connectivity index (χ0v) is 21.2. The van der Waals surface area contributed by atoms with Crippen molar-refractivity contribution >= 4 is 11.6 Å². The molecule has 3 aromatic carbocycles. The van der Waals surface area contributed by atoms with Gasteiger partial charge in [-0.25, -0.2) is 0 Å². The number of hydrogen-bond donors (Lipinski definition) is 2. The highest BCUT2D eigenvalue weighted by atomic mass is 16.7. The molecule has 1 amide bonds. The van der Waals surface area contributed by atoms with Crippen LogP contribution in [-0.4, -0.2) is 29.5 Å². The van der Waals surface area contributed by atoms with Crippen molar-refractivity contribution in [3.05, 3.63) is 138 Å². The number of allylic oxidation sites excluding steroid dienone is 3. The van der Waals surface area contributed by atoms with Gasteiger partial charge in [0.1, 0.15) is 18.6 Å². The highest BCUT2D eigenvalue weighted by Gasteiger charge is 2.28. The third-order valence-electron chi connectivity index (χ3n) is 5.58. The van der Waals surface area contributed by atoms with Gasteiger partial charge in [-0.05, 0) is 42.2 Å². The van der Waals surface area contributed by atoms with Crippen LogP contribution in [0.1, 0.15) is 36.1 Å². The number of carbonyl (C=O) groups excluding carboxylic acids is 1. The monoisotopic (exact) mass is 499 g/mol. The topological polar surface area (TPSA) is 79.2 Å². The number of para-hydroxylation sites is 1. The number of nitrogens with zero attached hydrogens (tertiary/aromatic N) is 1. The second-order valence-electron chi connectivity index (χ2n) is 8.26. The first-order valence-corrected chi connectivity index (χ1v) is 12.1. The first-order chi connectivity index (χ1) is 18.0. The first kappa shape index (κ1) is 27.3. The third-order valence-corrected chi connectivity index (χ3v) is 5.58. The number of amides is 1. The average molecular weight is 500 g/mol. The van der Waals surface area contributed by atoms with Crippen LogP contribution in [0.5, 0.6) is 0 Å². The number of anilines is 1. The molecule has 0 spiro atoms. The largest absolute Gasteiger partial charge is 0.508 e. The lowest BCUT2D eigenvalue weighted by Gasteiger charge is -2.33. The van der Waals surface area contributed by atoms with Crippen molar-refractivity contribution in [2.45, 2.75) is 26.3 Å². The minimum atomic E-state index is -0.537. The minimum Gasteiger partial charge on any atom is -0.508 e. The molecule has 192 valence electrons. The Morgan fingerprint density at radius 1 is 0.973 bits per heavy atom. The lowest BCUT2D eigenvalue weighted by molar-refractivity contribution is -0.121. The quantitative estimate of drug-likeness (QED) is 0.279. The molecule has 1 heterocycles. The van der Waals surface area contributed by atoms with E-state index in [-0.39, 0.29) is 24.5 Å². The molecule has 37 heavy (non-hydrogen) atoms. The van der Waals surface area contributed by atoms with E-state index in [4.69, 9.17) is 9.47 Å². The summed E-state index contributed by atoms with van der Waals surface area (Å²) in [4.78, 5) is 14.4. The molecule has 0 fully saturated rings. The van der Waals surface area contributed by atoms with Crippen LogP contribution in [-0.2, 0) is 14.3 Å². The number of carbonyl (C=O) groups is 1. The fourth-order valence-electron chi connectivity index (χ4n) is 3.85. The summed E-state index contributed by atoms with van der Waals surface area (Å²) in [5, 5.41) is 18.8. The summed E-state index contributed by atoms with van der Waals surface area (Å²) in [6.45, 7) is 3.67. The normalized spacial score (nSPS) is 12.9. The van der Waals surface area contributed by atoms with Gasteiger partial charge in [0, 0.05) is 11.8 Å². The summed E-state index contributed by atoms with van der Waals surface area (Å²) in [5.74, 6) is 0.397. The number of hydrogen-bond acceptors (Lipinski definition) is 5. The van der Waals surface area contributed by atoms with Crippen molar-refractivity contribution in [1.29, 1.82) is 0 Å². The van der Waals surface area contributed by atoms with E-state index in [1.807, 2.05) is 105 Å². The number of benzene rings is 3. The number of aliphatic hydroxyl groups is 2. The van der Waals surface area contributed by atoms with Gasteiger partial charge in [0.25, 0.3) is 5.91 Å². The SMILES string of the molecule is CC/C=C\C(O)=C/C1=COCO1.Cc1ccccc1N(C(=O)CO)C(c1ccccc1)c1ccccc1. The van der Waals surface area contributed by atoms with Gasteiger partial charge in [0.15, 0.2) is 5.76 Å². The fraction of sp³-hybridized carbons (Fsp3) is 0.194. The van der Waals surface area contributed by atoms with Crippen LogP contribution < -0.4 is 4.90 Å². The van der Waals surface area contributed by atoms with Gasteiger partial charge in [-0.1, -0.05) is 91.9 Å². The number of ether oxygens (including phenoxy) is 2. The smallest absolute Gasteiger partial charge is 0.253 e. The lowest BCUT2D eigenvalue weighted by Crippen LogP contribution is -2.38. The Bertz CT molecular complexity index is 1180. The number of aliphatic hydroxyl groups excluding tert-OH is 2. The minimum absolute atomic E-state index is 0.175. The van der Waals surface area contributed by atoms with E-state index in [0.29, 0.717) is 5.76 Å². The number of rotatable bonds is 8. The summed E-state index contributed by atoms with van der Waals surface area (Å²) >= 11 is 0. The van der Waals surface area contributed by atoms with Crippen LogP contribution in [0.15, 0.2) is 121 Å². The zero-order chi connectivity index (χ0) is 26.5. The molecule has 0 bridgehead atoms. The van der Waals surface area contributed by atoms with Crippen LogP contribution in [0, 0.1) is 6.92 Å². The molecule has 0 unspecified atom stereocenters. The molecule has 0 aliphatic carbocycles. The summed E-state index contributed by atoms with van der Waals surface area (Å²) in [6, 6.07) is 27.2. The van der Waals surface area contributed by atoms with Crippen LogP contribution >= 0.6 is 0 Å². The summed E-state index contributed by atoms with van der Waals surface area (Å²) in [7, 11) is 0. The Hall–Kier alpha value is -4.29. The third kappa shape index (κ3) is 7.85. The van der Waals surface area contributed by atoms with Crippen LogP contribution in [0.2, 0.25) is 0 Å². The summed E-state index contributed by atoms with van der Waals surface area (Å²) in [5.41, 5.74) is 3.79. The molecular weight excluding hydrogens is 466 g/mol. The highest BCUT2D eigenvalue weighted by Crippen LogP contribution is 2.34. The van der Waals surface area contributed by atoms with E-state index in [1.54, 1.807) is 11.0 Å². The molecule has 0 radical (unpaired) electrons. The fourth-order valence-corrected chi connectivity index (χ4v) is 3.85.